The summed E-state index contributed by atoms with van der Waals surface area (Å²) in [6.45, 7) is 5.48. The standard InChI is InChI=1S/C11H13N3O2/c1-6-5-14-10(13-8(6)3)9(4-12-14)7(2)11(15)16/h4-5,7H,1-3H3,(H,15,16). The fourth-order valence-electron chi connectivity index (χ4n) is 1.54. The van der Waals surface area contributed by atoms with Gasteiger partial charge >= 0.3 is 5.97 Å². The van der Waals surface area contributed by atoms with Crippen LogP contribution in [0.1, 0.15) is 29.7 Å². The number of nitrogens with zero attached hydrogens (tertiary/aromatic N) is 3. The second kappa shape index (κ2) is 3.59. The van der Waals surface area contributed by atoms with Crippen molar-refractivity contribution in [3.05, 3.63) is 29.2 Å². The number of hydrogen-bond donors (Lipinski definition) is 1. The van der Waals surface area contributed by atoms with Crippen molar-refractivity contribution < 1.29 is 9.90 Å². The third-order valence-electron chi connectivity index (χ3n) is 2.79. The minimum absolute atomic E-state index is 0.591. The summed E-state index contributed by atoms with van der Waals surface area (Å²) in [6, 6.07) is 0. The van der Waals surface area contributed by atoms with E-state index >= 15 is 0 Å². The maximum Gasteiger partial charge on any atom is 0.310 e. The molecule has 2 rings (SSSR count). The Balaban J connectivity index is 2.65. The smallest absolute Gasteiger partial charge is 0.310 e. The highest BCUT2D eigenvalue weighted by molar-refractivity contribution is 5.78. The van der Waals surface area contributed by atoms with Crippen LogP contribution in [0.5, 0.6) is 0 Å². The lowest BCUT2D eigenvalue weighted by atomic mass is 10.1. The summed E-state index contributed by atoms with van der Waals surface area (Å²) in [4.78, 5) is 15.3. The van der Waals surface area contributed by atoms with Gasteiger partial charge in [-0.3, -0.25) is 4.79 Å². The van der Waals surface area contributed by atoms with E-state index in [4.69, 9.17) is 5.11 Å². The zero-order valence-corrected chi connectivity index (χ0v) is 9.43. The summed E-state index contributed by atoms with van der Waals surface area (Å²) in [5, 5.41) is 13.1. The number of fused-ring (bicyclic) bond motifs is 1. The molecule has 1 atom stereocenters. The lowest BCUT2D eigenvalue weighted by Crippen LogP contribution is -2.08. The number of aryl methyl sites for hydroxylation is 2. The summed E-state index contributed by atoms with van der Waals surface area (Å²) in [5.41, 5.74) is 3.20. The van der Waals surface area contributed by atoms with Gasteiger partial charge < -0.3 is 5.11 Å². The van der Waals surface area contributed by atoms with Crippen molar-refractivity contribution in [3.63, 3.8) is 0 Å². The summed E-state index contributed by atoms with van der Waals surface area (Å²) >= 11 is 0. The number of carboxylic acid groups (broad SMARTS) is 1. The normalized spacial score (nSPS) is 12.9. The first-order valence-electron chi connectivity index (χ1n) is 5.05. The molecule has 16 heavy (non-hydrogen) atoms. The summed E-state index contributed by atoms with van der Waals surface area (Å²) in [5.74, 6) is -1.46. The van der Waals surface area contributed by atoms with Crippen LogP contribution in [0.3, 0.4) is 0 Å². The summed E-state index contributed by atoms with van der Waals surface area (Å²) in [6.07, 6.45) is 3.43. The van der Waals surface area contributed by atoms with Crippen LogP contribution >= 0.6 is 0 Å². The molecule has 2 aromatic heterocycles. The molecule has 0 saturated heterocycles. The first kappa shape index (κ1) is 10.6. The quantitative estimate of drug-likeness (QED) is 0.831. The predicted molar refractivity (Wildman–Crippen MR) is 58.5 cm³/mol. The SMILES string of the molecule is Cc1cn2ncc(C(C)C(=O)O)c2nc1C. The zero-order valence-electron chi connectivity index (χ0n) is 9.43. The maximum absolute atomic E-state index is 10.9. The van der Waals surface area contributed by atoms with E-state index in [-0.39, 0.29) is 0 Å². The van der Waals surface area contributed by atoms with Gasteiger partial charge in [-0.05, 0) is 26.3 Å². The number of carboxylic acids is 1. The third-order valence-corrected chi connectivity index (χ3v) is 2.79. The Bertz CT molecular complexity index is 560. The van der Waals surface area contributed by atoms with Gasteiger partial charge in [-0.25, -0.2) is 9.50 Å². The highest BCUT2D eigenvalue weighted by Crippen LogP contribution is 2.20. The van der Waals surface area contributed by atoms with E-state index in [2.05, 4.69) is 10.1 Å². The number of carbonyl (C=O) groups is 1. The lowest BCUT2D eigenvalue weighted by Gasteiger charge is -2.05. The highest BCUT2D eigenvalue weighted by Gasteiger charge is 2.19. The van der Waals surface area contributed by atoms with Gasteiger partial charge in [0, 0.05) is 17.5 Å². The fourth-order valence-corrected chi connectivity index (χ4v) is 1.54. The summed E-state index contributed by atoms with van der Waals surface area (Å²) in [7, 11) is 0. The molecule has 0 radical (unpaired) electrons. The van der Waals surface area contributed by atoms with Crippen LogP contribution in [-0.2, 0) is 4.79 Å². The Morgan fingerprint density at radius 3 is 2.81 bits per heavy atom. The molecule has 84 valence electrons. The Morgan fingerprint density at radius 1 is 1.50 bits per heavy atom. The minimum atomic E-state index is -0.866. The number of aromatic nitrogens is 3. The molecule has 0 bridgehead atoms. The van der Waals surface area contributed by atoms with Gasteiger partial charge in [0.05, 0.1) is 12.1 Å². The Morgan fingerprint density at radius 2 is 2.19 bits per heavy atom. The molecule has 5 heteroatoms. The molecule has 0 saturated carbocycles. The molecule has 0 aliphatic rings. The third kappa shape index (κ3) is 1.54. The van der Waals surface area contributed by atoms with Crippen molar-refractivity contribution in [2.75, 3.05) is 0 Å². The van der Waals surface area contributed by atoms with Crippen LogP contribution in [0, 0.1) is 13.8 Å². The van der Waals surface area contributed by atoms with E-state index in [0.717, 1.165) is 11.3 Å². The average Bonchev–Trinajstić information content (AvgIpc) is 2.60. The van der Waals surface area contributed by atoms with E-state index in [1.54, 1.807) is 17.6 Å². The molecule has 0 aromatic carbocycles. The van der Waals surface area contributed by atoms with E-state index in [9.17, 15) is 4.79 Å². The molecule has 1 N–H and O–H groups in total. The molecule has 0 aliphatic heterocycles. The molecular formula is C11H13N3O2. The Kier molecular flexibility index (Phi) is 2.38. The molecule has 1 unspecified atom stereocenters. The average molecular weight is 219 g/mol. The van der Waals surface area contributed by atoms with E-state index in [1.165, 1.54) is 0 Å². The van der Waals surface area contributed by atoms with Gasteiger partial charge in [-0.2, -0.15) is 5.10 Å². The van der Waals surface area contributed by atoms with E-state index in [0.29, 0.717) is 11.2 Å². The van der Waals surface area contributed by atoms with Crippen molar-refractivity contribution in [2.45, 2.75) is 26.7 Å². The number of hydrogen-bond acceptors (Lipinski definition) is 3. The van der Waals surface area contributed by atoms with Crippen LogP contribution < -0.4 is 0 Å². The largest absolute Gasteiger partial charge is 0.481 e. The van der Waals surface area contributed by atoms with Gasteiger partial charge in [0.2, 0.25) is 0 Å². The van der Waals surface area contributed by atoms with Crippen LogP contribution in [0.4, 0.5) is 0 Å². The van der Waals surface area contributed by atoms with Gasteiger partial charge in [-0.15, -0.1) is 0 Å². The first-order valence-corrected chi connectivity index (χ1v) is 5.05. The molecule has 0 amide bonds. The van der Waals surface area contributed by atoms with Crippen LogP contribution in [0.2, 0.25) is 0 Å². The highest BCUT2D eigenvalue weighted by atomic mass is 16.4. The Hall–Kier alpha value is -1.91. The van der Waals surface area contributed by atoms with E-state index < -0.39 is 11.9 Å². The lowest BCUT2D eigenvalue weighted by molar-refractivity contribution is -0.138. The first-order chi connectivity index (χ1) is 7.50. The summed E-state index contributed by atoms with van der Waals surface area (Å²) < 4.78 is 1.62. The van der Waals surface area contributed by atoms with Crippen molar-refractivity contribution in [1.29, 1.82) is 0 Å². The van der Waals surface area contributed by atoms with Crippen molar-refractivity contribution in [1.82, 2.24) is 14.6 Å². The van der Waals surface area contributed by atoms with Crippen LogP contribution in [-0.4, -0.2) is 25.7 Å². The fraction of sp³-hybridized carbons (Fsp3) is 0.364. The number of aliphatic carboxylic acids is 1. The topological polar surface area (TPSA) is 67.5 Å². The Labute approximate surface area is 92.7 Å². The van der Waals surface area contributed by atoms with Gasteiger partial charge in [-0.1, -0.05) is 0 Å². The molecule has 2 heterocycles. The second-order valence-corrected chi connectivity index (χ2v) is 3.94. The number of rotatable bonds is 2. The van der Waals surface area contributed by atoms with Crippen molar-refractivity contribution in [2.24, 2.45) is 0 Å². The minimum Gasteiger partial charge on any atom is -0.481 e. The van der Waals surface area contributed by atoms with Crippen molar-refractivity contribution >= 4 is 11.6 Å². The van der Waals surface area contributed by atoms with Crippen LogP contribution in [0.15, 0.2) is 12.4 Å². The molecule has 2 aromatic rings. The molecule has 0 aliphatic carbocycles. The maximum atomic E-state index is 10.9. The molecular weight excluding hydrogens is 206 g/mol. The molecule has 0 fully saturated rings. The van der Waals surface area contributed by atoms with Crippen molar-refractivity contribution in [3.8, 4) is 0 Å². The van der Waals surface area contributed by atoms with Gasteiger partial charge in [0.25, 0.3) is 0 Å². The predicted octanol–water partition coefficient (Wildman–Crippen LogP) is 1.53. The van der Waals surface area contributed by atoms with E-state index in [1.807, 2.05) is 20.0 Å². The second-order valence-electron chi connectivity index (χ2n) is 3.94. The molecule has 0 spiro atoms. The van der Waals surface area contributed by atoms with Gasteiger partial charge in [0.1, 0.15) is 0 Å². The van der Waals surface area contributed by atoms with Gasteiger partial charge in [0.15, 0.2) is 5.65 Å². The molecule has 5 nitrogen and oxygen atoms in total. The monoisotopic (exact) mass is 219 g/mol. The zero-order chi connectivity index (χ0) is 11.9. The van der Waals surface area contributed by atoms with Crippen LogP contribution in [0.25, 0.3) is 5.65 Å².